The molecule has 0 spiro atoms. The minimum Gasteiger partial charge on any atom is -0.481 e. The van der Waals surface area contributed by atoms with Crippen LogP contribution < -0.4 is 0 Å². The summed E-state index contributed by atoms with van der Waals surface area (Å²) in [5, 5.41) is 18.9. The Morgan fingerprint density at radius 2 is 2.19 bits per heavy atom. The number of carbonyl (C=O) groups is 1. The van der Waals surface area contributed by atoms with E-state index in [9.17, 15) is 9.90 Å². The van der Waals surface area contributed by atoms with Gasteiger partial charge in [-0.2, -0.15) is 0 Å². The summed E-state index contributed by atoms with van der Waals surface area (Å²) < 4.78 is 0. The van der Waals surface area contributed by atoms with Crippen molar-refractivity contribution in [2.75, 3.05) is 19.6 Å². The molecule has 1 heterocycles. The fourth-order valence-corrected chi connectivity index (χ4v) is 2.11. The van der Waals surface area contributed by atoms with Gasteiger partial charge in [-0.3, -0.25) is 4.79 Å². The van der Waals surface area contributed by atoms with Crippen LogP contribution in [-0.2, 0) is 4.79 Å². The largest absolute Gasteiger partial charge is 0.481 e. The number of rotatable bonds is 5. The third-order valence-corrected chi connectivity index (χ3v) is 3.62. The highest BCUT2D eigenvalue weighted by atomic mass is 16.4. The minimum atomic E-state index is -0.720. The molecule has 2 unspecified atom stereocenters. The highest BCUT2D eigenvalue weighted by Crippen LogP contribution is 2.24. The Morgan fingerprint density at radius 1 is 1.56 bits per heavy atom. The van der Waals surface area contributed by atoms with Crippen LogP contribution in [0.4, 0.5) is 0 Å². The van der Waals surface area contributed by atoms with Crippen LogP contribution >= 0.6 is 0 Å². The van der Waals surface area contributed by atoms with Crippen LogP contribution in [0, 0.1) is 11.8 Å². The zero-order chi connectivity index (χ0) is 12.3. The summed E-state index contributed by atoms with van der Waals surface area (Å²) in [4.78, 5) is 12.8. The second kappa shape index (κ2) is 5.15. The molecule has 0 saturated carbocycles. The zero-order valence-corrected chi connectivity index (χ0v) is 10.4. The summed E-state index contributed by atoms with van der Waals surface area (Å²) in [6.07, 6.45) is 1.18. The normalized spacial score (nSPS) is 25.9. The second-order valence-electron chi connectivity index (χ2n) is 5.50. The lowest BCUT2D eigenvalue weighted by Crippen LogP contribution is -2.43. The van der Waals surface area contributed by atoms with Crippen LogP contribution in [0.2, 0.25) is 0 Å². The Bertz CT molecular complexity index is 251. The van der Waals surface area contributed by atoms with Crippen molar-refractivity contribution in [2.24, 2.45) is 11.8 Å². The molecule has 0 bridgehead atoms. The van der Waals surface area contributed by atoms with Gasteiger partial charge in [0.2, 0.25) is 0 Å². The number of hydrogen-bond donors (Lipinski definition) is 2. The molecule has 1 rings (SSSR count). The predicted octanol–water partition coefficient (Wildman–Crippen LogP) is 1.19. The molecule has 1 saturated heterocycles. The minimum absolute atomic E-state index is 0.214. The number of likely N-dealkylation sites (tertiary alicyclic amines) is 1. The zero-order valence-electron chi connectivity index (χ0n) is 10.4. The summed E-state index contributed by atoms with van der Waals surface area (Å²) in [6.45, 7) is 8.20. The maximum absolute atomic E-state index is 10.6. The van der Waals surface area contributed by atoms with Gasteiger partial charge in [-0.1, -0.05) is 13.8 Å². The van der Waals surface area contributed by atoms with Gasteiger partial charge < -0.3 is 15.1 Å². The molecule has 1 fully saturated rings. The Hall–Kier alpha value is -0.610. The predicted molar refractivity (Wildman–Crippen MR) is 62.3 cm³/mol. The molecule has 4 heteroatoms. The van der Waals surface area contributed by atoms with Crippen LogP contribution in [0.5, 0.6) is 0 Å². The number of nitrogens with zero attached hydrogens (tertiary/aromatic N) is 1. The number of aliphatic carboxylic acids is 1. The third-order valence-electron chi connectivity index (χ3n) is 3.62. The molecular weight excluding hydrogens is 206 g/mol. The first-order valence-electron chi connectivity index (χ1n) is 5.98. The number of aliphatic hydroxyl groups is 1. The van der Waals surface area contributed by atoms with Gasteiger partial charge >= 0.3 is 5.97 Å². The van der Waals surface area contributed by atoms with E-state index in [-0.39, 0.29) is 18.3 Å². The second-order valence-corrected chi connectivity index (χ2v) is 5.50. The lowest BCUT2D eigenvalue weighted by atomic mass is 9.92. The number of carboxylic acids is 1. The average molecular weight is 229 g/mol. The summed E-state index contributed by atoms with van der Waals surface area (Å²) in [7, 11) is 0. The van der Waals surface area contributed by atoms with E-state index in [4.69, 9.17) is 5.11 Å². The Balaban J connectivity index is 2.39. The lowest BCUT2D eigenvalue weighted by molar-refractivity contribution is -0.138. The van der Waals surface area contributed by atoms with Gasteiger partial charge in [0, 0.05) is 19.5 Å². The summed E-state index contributed by atoms with van der Waals surface area (Å²) in [5.74, 6) is -0.256. The first-order valence-corrected chi connectivity index (χ1v) is 5.98. The van der Waals surface area contributed by atoms with E-state index in [2.05, 4.69) is 4.90 Å². The number of carboxylic acid groups (broad SMARTS) is 1. The molecule has 4 nitrogen and oxygen atoms in total. The maximum atomic E-state index is 10.6. The highest BCUT2D eigenvalue weighted by molar-refractivity contribution is 5.67. The van der Waals surface area contributed by atoms with Crippen LogP contribution in [0.1, 0.15) is 33.6 Å². The van der Waals surface area contributed by atoms with Gasteiger partial charge in [0.1, 0.15) is 0 Å². The van der Waals surface area contributed by atoms with Gasteiger partial charge in [-0.05, 0) is 31.7 Å². The van der Waals surface area contributed by atoms with Gasteiger partial charge in [0.05, 0.1) is 5.60 Å². The van der Waals surface area contributed by atoms with Crippen LogP contribution in [0.3, 0.4) is 0 Å². The molecule has 2 N–H and O–H groups in total. The van der Waals surface area contributed by atoms with Crippen molar-refractivity contribution >= 4 is 5.97 Å². The monoisotopic (exact) mass is 229 g/mol. The first-order chi connectivity index (χ1) is 7.31. The molecule has 1 aliphatic rings. The Kier molecular flexibility index (Phi) is 4.33. The smallest absolute Gasteiger partial charge is 0.303 e. The molecule has 0 amide bonds. The quantitative estimate of drug-likeness (QED) is 0.743. The van der Waals surface area contributed by atoms with Crippen molar-refractivity contribution in [1.82, 2.24) is 4.90 Å². The van der Waals surface area contributed by atoms with Crippen LogP contribution in [0.15, 0.2) is 0 Å². The van der Waals surface area contributed by atoms with Gasteiger partial charge in [0.25, 0.3) is 0 Å². The van der Waals surface area contributed by atoms with Crippen molar-refractivity contribution in [3.63, 3.8) is 0 Å². The standard InChI is InChI=1S/C12H23NO3/c1-9(2)12(3,16)8-13-5-4-10(7-13)6-11(14)15/h9-10,16H,4-8H2,1-3H3,(H,14,15). The van der Waals surface area contributed by atoms with E-state index in [1.807, 2.05) is 20.8 Å². The van der Waals surface area contributed by atoms with Crippen LogP contribution in [-0.4, -0.2) is 46.3 Å². The summed E-state index contributed by atoms with van der Waals surface area (Å²) >= 11 is 0. The number of β-amino-alcohol motifs (C(OH)–C–C–N with tert-alkyl or cyclic N) is 1. The van der Waals surface area contributed by atoms with Gasteiger partial charge in [-0.25, -0.2) is 0 Å². The molecule has 16 heavy (non-hydrogen) atoms. The first kappa shape index (κ1) is 13.5. The highest BCUT2D eigenvalue weighted by Gasteiger charge is 2.32. The molecule has 1 aliphatic heterocycles. The van der Waals surface area contributed by atoms with Crippen molar-refractivity contribution in [2.45, 2.75) is 39.2 Å². The van der Waals surface area contributed by atoms with E-state index >= 15 is 0 Å². The molecule has 94 valence electrons. The molecule has 0 aromatic carbocycles. The van der Waals surface area contributed by atoms with Gasteiger partial charge in [-0.15, -0.1) is 0 Å². The van der Waals surface area contributed by atoms with Gasteiger partial charge in [0.15, 0.2) is 0 Å². The van der Waals surface area contributed by atoms with Crippen molar-refractivity contribution in [1.29, 1.82) is 0 Å². The molecule has 0 aromatic rings. The Morgan fingerprint density at radius 3 is 2.69 bits per heavy atom. The molecule has 2 atom stereocenters. The van der Waals surface area contributed by atoms with E-state index in [1.54, 1.807) is 0 Å². The van der Waals surface area contributed by atoms with Crippen molar-refractivity contribution in [3.8, 4) is 0 Å². The van der Waals surface area contributed by atoms with E-state index in [0.29, 0.717) is 6.54 Å². The Labute approximate surface area is 97.3 Å². The average Bonchev–Trinajstić information content (AvgIpc) is 2.50. The van der Waals surface area contributed by atoms with E-state index < -0.39 is 11.6 Å². The van der Waals surface area contributed by atoms with Crippen LogP contribution in [0.25, 0.3) is 0 Å². The maximum Gasteiger partial charge on any atom is 0.303 e. The summed E-state index contributed by atoms with van der Waals surface area (Å²) in [5.41, 5.74) is -0.682. The molecule has 0 aliphatic carbocycles. The molecule has 0 aromatic heterocycles. The molecular formula is C12H23NO3. The summed E-state index contributed by atoms with van der Waals surface area (Å²) in [6, 6.07) is 0. The third kappa shape index (κ3) is 3.76. The van der Waals surface area contributed by atoms with E-state index in [0.717, 1.165) is 19.5 Å². The van der Waals surface area contributed by atoms with Crippen molar-refractivity contribution < 1.29 is 15.0 Å². The van der Waals surface area contributed by atoms with E-state index in [1.165, 1.54) is 0 Å². The number of hydrogen-bond acceptors (Lipinski definition) is 3. The fraction of sp³-hybridized carbons (Fsp3) is 0.917. The lowest BCUT2D eigenvalue weighted by Gasteiger charge is -2.32. The molecule has 0 radical (unpaired) electrons. The fourth-order valence-electron chi connectivity index (χ4n) is 2.11. The topological polar surface area (TPSA) is 60.8 Å². The SMILES string of the molecule is CC(C)C(C)(O)CN1CCC(CC(=O)O)C1. The van der Waals surface area contributed by atoms with Crippen molar-refractivity contribution in [3.05, 3.63) is 0 Å².